The maximum absolute atomic E-state index is 12.2. The molecule has 218 valence electrons. The Kier molecular flexibility index (Phi) is 9.06. The van der Waals surface area contributed by atoms with E-state index in [0.717, 1.165) is 24.0 Å². The molecule has 1 aliphatic carbocycles. The first-order valence-corrected chi connectivity index (χ1v) is 14.9. The molecular weight excluding hydrogens is 532 g/mol. The third kappa shape index (κ3) is 6.10. The SMILES string of the molecule is C=C(C)C(=O)OCCCC1(CCCOC(=O)C(=C)C)c2cccc(-c3ccccc3)c2-c2c(-c3ccccc3)cccc21. The van der Waals surface area contributed by atoms with Crippen LogP contribution in [0, 0.1) is 0 Å². The van der Waals surface area contributed by atoms with E-state index in [-0.39, 0.29) is 17.4 Å². The molecule has 0 unspecified atom stereocenters. The number of esters is 2. The predicted molar refractivity (Wildman–Crippen MR) is 174 cm³/mol. The summed E-state index contributed by atoms with van der Waals surface area (Å²) in [6, 6.07) is 34.2. The van der Waals surface area contributed by atoms with Crippen LogP contribution in [0.4, 0.5) is 0 Å². The van der Waals surface area contributed by atoms with Gasteiger partial charge in [-0.2, -0.15) is 0 Å². The molecule has 0 heterocycles. The van der Waals surface area contributed by atoms with Crippen LogP contribution < -0.4 is 0 Å². The quantitative estimate of drug-likeness (QED) is 0.0968. The summed E-state index contributed by atoms with van der Waals surface area (Å²) in [5, 5.41) is 0. The number of fused-ring (bicyclic) bond motifs is 3. The summed E-state index contributed by atoms with van der Waals surface area (Å²) in [6.07, 6.45) is 2.88. The number of benzene rings is 4. The van der Waals surface area contributed by atoms with Gasteiger partial charge in [-0.1, -0.05) is 110 Å². The molecule has 0 spiro atoms. The molecule has 1 aliphatic rings. The Bertz CT molecular complexity index is 1520. The van der Waals surface area contributed by atoms with Crippen LogP contribution in [0.25, 0.3) is 33.4 Å². The Morgan fingerprint density at radius 2 is 0.977 bits per heavy atom. The van der Waals surface area contributed by atoms with Crippen LogP contribution in [-0.2, 0) is 24.5 Å². The van der Waals surface area contributed by atoms with Crippen molar-refractivity contribution in [2.24, 2.45) is 0 Å². The molecule has 0 N–H and O–H groups in total. The highest BCUT2D eigenvalue weighted by molar-refractivity contribution is 5.99. The lowest BCUT2D eigenvalue weighted by Gasteiger charge is -2.33. The Balaban J connectivity index is 1.65. The molecule has 0 amide bonds. The van der Waals surface area contributed by atoms with E-state index < -0.39 is 0 Å². The number of carbonyl (C=O) groups excluding carboxylic acids is 2. The van der Waals surface area contributed by atoms with Gasteiger partial charge in [0.2, 0.25) is 0 Å². The molecule has 0 aliphatic heterocycles. The molecule has 4 aromatic rings. The molecule has 4 aromatic carbocycles. The van der Waals surface area contributed by atoms with Gasteiger partial charge in [-0.25, -0.2) is 9.59 Å². The van der Waals surface area contributed by atoms with Gasteiger partial charge >= 0.3 is 11.9 Å². The van der Waals surface area contributed by atoms with E-state index >= 15 is 0 Å². The molecule has 0 atom stereocenters. The van der Waals surface area contributed by atoms with Crippen molar-refractivity contribution < 1.29 is 19.1 Å². The number of rotatable bonds is 12. The first kappa shape index (κ1) is 29.8. The van der Waals surface area contributed by atoms with Gasteiger partial charge in [0.05, 0.1) is 13.2 Å². The van der Waals surface area contributed by atoms with Crippen LogP contribution in [-0.4, -0.2) is 25.2 Å². The zero-order chi connectivity index (χ0) is 30.4. The summed E-state index contributed by atoms with van der Waals surface area (Å²) in [5.74, 6) is -0.739. The summed E-state index contributed by atoms with van der Waals surface area (Å²) in [4.78, 5) is 24.3. The Labute approximate surface area is 254 Å². The van der Waals surface area contributed by atoms with Gasteiger partial charge in [-0.15, -0.1) is 0 Å². The van der Waals surface area contributed by atoms with E-state index in [1.165, 1.54) is 33.4 Å². The van der Waals surface area contributed by atoms with Gasteiger partial charge in [-0.3, -0.25) is 0 Å². The molecule has 0 radical (unpaired) electrons. The largest absolute Gasteiger partial charge is 0.462 e. The van der Waals surface area contributed by atoms with Crippen molar-refractivity contribution in [1.29, 1.82) is 0 Å². The monoisotopic (exact) mass is 570 g/mol. The van der Waals surface area contributed by atoms with Crippen LogP contribution in [0.1, 0.15) is 50.7 Å². The average molecular weight is 571 g/mol. The smallest absolute Gasteiger partial charge is 0.333 e. The first-order chi connectivity index (χ1) is 20.8. The molecule has 4 nitrogen and oxygen atoms in total. The third-order valence-corrected chi connectivity index (χ3v) is 8.24. The zero-order valence-electron chi connectivity index (χ0n) is 25.0. The maximum Gasteiger partial charge on any atom is 0.333 e. The molecule has 43 heavy (non-hydrogen) atoms. The normalized spacial score (nSPS) is 12.6. The Morgan fingerprint density at radius 3 is 1.35 bits per heavy atom. The maximum atomic E-state index is 12.2. The van der Waals surface area contributed by atoms with Crippen LogP contribution in [0.3, 0.4) is 0 Å². The van der Waals surface area contributed by atoms with Crippen molar-refractivity contribution in [1.82, 2.24) is 0 Å². The zero-order valence-corrected chi connectivity index (χ0v) is 25.0. The lowest BCUT2D eigenvalue weighted by molar-refractivity contribution is -0.139. The van der Waals surface area contributed by atoms with Crippen LogP contribution in [0.2, 0.25) is 0 Å². The van der Waals surface area contributed by atoms with E-state index in [4.69, 9.17) is 9.47 Å². The van der Waals surface area contributed by atoms with Gasteiger partial charge in [0.25, 0.3) is 0 Å². The second kappa shape index (κ2) is 13.1. The van der Waals surface area contributed by atoms with Crippen molar-refractivity contribution in [3.63, 3.8) is 0 Å². The number of hydrogen-bond donors (Lipinski definition) is 0. The van der Waals surface area contributed by atoms with Gasteiger partial charge in [0.1, 0.15) is 0 Å². The lowest BCUT2D eigenvalue weighted by atomic mass is 9.71. The fraction of sp³-hybridized carbons (Fsp3) is 0.231. The van der Waals surface area contributed by atoms with E-state index in [9.17, 15) is 9.59 Å². The van der Waals surface area contributed by atoms with Gasteiger partial charge in [0.15, 0.2) is 0 Å². The lowest BCUT2D eigenvalue weighted by Crippen LogP contribution is -2.27. The highest BCUT2D eigenvalue weighted by atomic mass is 16.5. The summed E-state index contributed by atoms with van der Waals surface area (Å²) < 4.78 is 11.1. The van der Waals surface area contributed by atoms with Crippen LogP contribution in [0.15, 0.2) is 121 Å². The topological polar surface area (TPSA) is 52.6 Å². The van der Waals surface area contributed by atoms with Gasteiger partial charge in [0, 0.05) is 16.6 Å². The van der Waals surface area contributed by atoms with E-state index in [1.807, 2.05) is 12.1 Å². The van der Waals surface area contributed by atoms with Crippen molar-refractivity contribution >= 4 is 11.9 Å². The molecule has 0 fully saturated rings. The van der Waals surface area contributed by atoms with Crippen molar-refractivity contribution in [2.75, 3.05) is 13.2 Å². The average Bonchev–Trinajstić information content (AvgIpc) is 3.31. The summed E-state index contributed by atoms with van der Waals surface area (Å²) >= 11 is 0. The molecule has 5 rings (SSSR count). The standard InChI is InChI=1S/C39H38O4/c1-27(2)37(40)42-25-13-23-39(24-14-26-43-38(41)28(3)4)33-21-11-19-31(29-15-7-5-8-16-29)35(33)36-32(20-12-22-34(36)39)30-17-9-6-10-18-30/h5-12,15-22H,1,3,13-14,23-26H2,2,4H3. The predicted octanol–water partition coefficient (Wildman–Crippen LogP) is 9.09. The highest BCUT2D eigenvalue weighted by Crippen LogP contribution is 2.58. The Morgan fingerprint density at radius 1 is 0.581 bits per heavy atom. The number of carbonyl (C=O) groups is 2. The Hall–Kier alpha value is -4.70. The molecule has 4 heteroatoms. The second-order valence-electron chi connectivity index (χ2n) is 11.3. The summed E-state index contributed by atoms with van der Waals surface area (Å²) in [6.45, 7) is 11.4. The van der Waals surface area contributed by atoms with Gasteiger partial charge in [-0.05, 0) is 84.0 Å². The summed E-state index contributed by atoms with van der Waals surface area (Å²) in [5.41, 5.74) is 10.1. The first-order valence-electron chi connectivity index (χ1n) is 14.9. The van der Waals surface area contributed by atoms with Crippen molar-refractivity contribution in [3.05, 3.63) is 132 Å². The fourth-order valence-corrected chi connectivity index (χ4v) is 6.29. The van der Waals surface area contributed by atoms with E-state index in [0.29, 0.717) is 37.2 Å². The molecule has 0 bridgehead atoms. The van der Waals surface area contributed by atoms with Crippen molar-refractivity contribution in [2.45, 2.75) is 44.9 Å². The van der Waals surface area contributed by atoms with E-state index in [1.54, 1.807) is 13.8 Å². The van der Waals surface area contributed by atoms with Crippen molar-refractivity contribution in [3.8, 4) is 33.4 Å². The molecular formula is C39H38O4. The second-order valence-corrected chi connectivity index (χ2v) is 11.3. The van der Waals surface area contributed by atoms with Crippen LogP contribution in [0.5, 0.6) is 0 Å². The number of hydrogen-bond acceptors (Lipinski definition) is 4. The van der Waals surface area contributed by atoms with Gasteiger partial charge < -0.3 is 9.47 Å². The minimum Gasteiger partial charge on any atom is -0.462 e. The minimum atomic E-state index is -0.370. The molecule has 0 aromatic heterocycles. The highest BCUT2D eigenvalue weighted by Gasteiger charge is 2.44. The minimum absolute atomic E-state index is 0.305. The van der Waals surface area contributed by atoms with E-state index in [2.05, 4.69) is 98.1 Å². The number of ether oxygens (including phenoxy) is 2. The summed E-state index contributed by atoms with van der Waals surface area (Å²) in [7, 11) is 0. The molecule has 0 saturated carbocycles. The molecule has 0 saturated heterocycles. The third-order valence-electron chi connectivity index (χ3n) is 8.24. The van der Waals surface area contributed by atoms with Crippen LogP contribution >= 0.6 is 0 Å². The fourth-order valence-electron chi connectivity index (χ4n) is 6.29.